The molecule has 0 aliphatic rings. The normalized spacial score (nSPS) is 12.8. The van der Waals surface area contributed by atoms with E-state index in [1.165, 1.54) is 17.0 Å². The van der Waals surface area contributed by atoms with Crippen molar-refractivity contribution in [3.63, 3.8) is 0 Å². The van der Waals surface area contributed by atoms with Gasteiger partial charge in [-0.05, 0) is 75.6 Å². The Bertz CT molecular complexity index is 1350. The van der Waals surface area contributed by atoms with Crippen LogP contribution < -0.4 is 9.62 Å². The van der Waals surface area contributed by atoms with Crippen LogP contribution in [0.2, 0.25) is 0 Å². The number of nitrogens with zero attached hydrogens (tertiary/aromatic N) is 2. The molecule has 0 saturated heterocycles. The highest BCUT2D eigenvalue weighted by Gasteiger charge is 2.32. The lowest BCUT2D eigenvalue weighted by atomic mass is 10.1. The first-order valence-electron chi connectivity index (χ1n) is 13.0. The molecule has 0 aliphatic heterocycles. The topological polar surface area (TPSA) is 86.8 Å². The van der Waals surface area contributed by atoms with Crippen molar-refractivity contribution in [1.82, 2.24) is 10.2 Å². The summed E-state index contributed by atoms with van der Waals surface area (Å²) in [7, 11) is -4.23. The van der Waals surface area contributed by atoms with Gasteiger partial charge >= 0.3 is 0 Å². The van der Waals surface area contributed by atoms with Crippen LogP contribution in [-0.2, 0) is 26.0 Å². The SMILES string of the molecule is CC[C@@H](C)NC(=O)[C@@H](C)N(CCc1ccccc1)C(=O)CN(c1ccc(C)cc1)S(=O)(=O)c1ccc(F)cc1. The van der Waals surface area contributed by atoms with Crippen molar-refractivity contribution in [1.29, 1.82) is 0 Å². The smallest absolute Gasteiger partial charge is 0.264 e. The summed E-state index contributed by atoms with van der Waals surface area (Å²) in [6.45, 7) is 7.04. The van der Waals surface area contributed by atoms with Crippen LogP contribution in [0.5, 0.6) is 0 Å². The van der Waals surface area contributed by atoms with E-state index in [0.717, 1.165) is 34.0 Å². The van der Waals surface area contributed by atoms with E-state index in [0.29, 0.717) is 6.42 Å². The summed E-state index contributed by atoms with van der Waals surface area (Å²) >= 11 is 0. The molecular weight excluding hydrogens is 517 g/mol. The zero-order valence-electron chi connectivity index (χ0n) is 22.8. The molecule has 0 bridgehead atoms. The molecule has 0 aliphatic carbocycles. The van der Waals surface area contributed by atoms with Gasteiger partial charge < -0.3 is 10.2 Å². The zero-order valence-corrected chi connectivity index (χ0v) is 23.6. The molecule has 3 aromatic carbocycles. The van der Waals surface area contributed by atoms with Gasteiger partial charge in [0.25, 0.3) is 10.0 Å². The summed E-state index contributed by atoms with van der Waals surface area (Å²) in [5, 5.41) is 2.92. The quantitative estimate of drug-likeness (QED) is 0.352. The number of amides is 2. The van der Waals surface area contributed by atoms with E-state index in [-0.39, 0.29) is 29.1 Å². The highest BCUT2D eigenvalue weighted by atomic mass is 32.2. The van der Waals surface area contributed by atoms with Crippen molar-refractivity contribution in [2.24, 2.45) is 0 Å². The molecule has 3 aromatic rings. The number of nitrogens with one attached hydrogen (secondary N) is 1. The second-order valence-corrected chi connectivity index (χ2v) is 11.5. The van der Waals surface area contributed by atoms with Gasteiger partial charge in [0.1, 0.15) is 18.4 Å². The van der Waals surface area contributed by atoms with Crippen molar-refractivity contribution < 1.29 is 22.4 Å². The van der Waals surface area contributed by atoms with E-state index in [1.807, 2.05) is 51.1 Å². The first-order chi connectivity index (χ1) is 18.5. The molecule has 3 rings (SSSR count). The molecular formula is C30H36FN3O4S. The van der Waals surface area contributed by atoms with Gasteiger partial charge in [0.05, 0.1) is 10.6 Å². The lowest BCUT2D eigenvalue weighted by Crippen LogP contribution is -2.53. The Balaban J connectivity index is 1.96. The predicted molar refractivity (Wildman–Crippen MR) is 151 cm³/mol. The van der Waals surface area contributed by atoms with Crippen molar-refractivity contribution in [3.8, 4) is 0 Å². The second-order valence-electron chi connectivity index (χ2n) is 9.62. The molecule has 9 heteroatoms. The number of sulfonamides is 1. The number of hydrogen-bond acceptors (Lipinski definition) is 4. The van der Waals surface area contributed by atoms with E-state index in [1.54, 1.807) is 31.2 Å². The largest absolute Gasteiger partial charge is 0.352 e. The standard InChI is InChI=1S/C30H36FN3O4S/c1-5-23(3)32-30(36)24(4)33(20-19-25-9-7-6-8-10-25)29(35)21-34(27-15-11-22(2)12-16-27)39(37,38)28-17-13-26(31)14-18-28/h6-18,23-24H,5,19-21H2,1-4H3,(H,32,36)/t23-,24-/m1/s1. The van der Waals surface area contributed by atoms with E-state index < -0.39 is 34.3 Å². The number of halogens is 1. The molecule has 0 aromatic heterocycles. The fourth-order valence-electron chi connectivity index (χ4n) is 4.01. The van der Waals surface area contributed by atoms with Gasteiger partial charge in [0.15, 0.2) is 0 Å². The average molecular weight is 554 g/mol. The first kappa shape index (κ1) is 29.8. The average Bonchev–Trinajstić information content (AvgIpc) is 2.93. The zero-order chi connectivity index (χ0) is 28.6. The van der Waals surface area contributed by atoms with E-state index in [2.05, 4.69) is 5.32 Å². The number of hydrogen-bond donors (Lipinski definition) is 1. The van der Waals surface area contributed by atoms with Crippen LogP contribution >= 0.6 is 0 Å². The fraction of sp³-hybridized carbons (Fsp3) is 0.333. The Morgan fingerprint density at radius 2 is 1.54 bits per heavy atom. The number of carbonyl (C=O) groups excluding carboxylic acids is 2. The van der Waals surface area contributed by atoms with Crippen LogP contribution in [0.15, 0.2) is 83.8 Å². The highest BCUT2D eigenvalue weighted by Crippen LogP contribution is 2.25. The summed E-state index contributed by atoms with van der Waals surface area (Å²) in [4.78, 5) is 28.1. The number of rotatable bonds is 12. The summed E-state index contributed by atoms with van der Waals surface area (Å²) in [5.41, 5.74) is 2.20. The van der Waals surface area contributed by atoms with Crippen molar-refractivity contribution in [3.05, 3.63) is 95.8 Å². The van der Waals surface area contributed by atoms with Crippen molar-refractivity contribution in [2.45, 2.75) is 57.5 Å². The molecule has 0 heterocycles. The van der Waals surface area contributed by atoms with Gasteiger partial charge in [0, 0.05) is 12.6 Å². The summed E-state index contributed by atoms with van der Waals surface area (Å²) in [6.07, 6.45) is 1.22. The van der Waals surface area contributed by atoms with Crippen molar-refractivity contribution in [2.75, 3.05) is 17.4 Å². The van der Waals surface area contributed by atoms with Gasteiger partial charge in [-0.25, -0.2) is 12.8 Å². The number of carbonyl (C=O) groups is 2. The molecule has 7 nitrogen and oxygen atoms in total. The van der Waals surface area contributed by atoms with Crippen molar-refractivity contribution >= 4 is 27.5 Å². The van der Waals surface area contributed by atoms with E-state index in [4.69, 9.17) is 0 Å². The molecule has 0 fully saturated rings. The van der Waals surface area contributed by atoms with Gasteiger partial charge in [-0.1, -0.05) is 55.0 Å². The Morgan fingerprint density at radius 1 is 0.923 bits per heavy atom. The maximum absolute atomic E-state index is 13.8. The molecule has 0 spiro atoms. The van der Waals surface area contributed by atoms with E-state index in [9.17, 15) is 22.4 Å². The van der Waals surface area contributed by atoms with Crippen LogP contribution in [-0.4, -0.2) is 50.3 Å². The van der Waals surface area contributed by atoms with Crippen LogP contribution in [0.1, 0.15) is 38.3 Å². The molecule has 1 N–H and O–H groups in total. The predicted octanol–water partition coefficient (Wildman–Crippen LogP) is 4.70. The minimum atomic E-state index is -4.23. The van der Waals surface area contributed by atoms with E-state index >= 15 is 0 Å². The molecule has 2 atom stereocenters. The second kappa shape index (κ2) is 13.4. The Kier molecular flexibility index (Phi) is 10.2. The molecule has 208 valence electrons. The minimum absolute atomic E-state index is 0.0751. The van der Waals surface area contributed by atoms with Crippen LogP contribution in [0.4, 0.5) is 10.1 Å². The number of aryl methyl sites for hydroxylation is 1. The molecule has 0 radical (unpaired) electrons. The third-order valence-electron chi connectivity index (χ3n) is 6.65. The van der Waals surface area contributed by atoms with Gasteiger partial charge in [-0.2, -0.15) is 0 Å². The monoisotopic (exact) mass is 553 g/mol. The Labute approximate surface area is 230 Å². The van der Waals surface area contributed by atoms with Gasteiger partial charge in [-0.15, -0.1) is 0 Å². The number of benzene rings is 3. The third kappa shape index (κ3) is 7.89. The lowest BCUT2D eigenvalue weighted by Gasteiger charge is -2.32. The first-order valence-corrected chi connectivity index (χ1v) is 14.5. The Morgan fingerprint density at radius 3 is 2.13 bits per heavy atom. The molecule has 0 saturated carbocycles. The maximum atomic E-state index is 13.8. The summed E-state index contributed by atoms with van der Waals surface area (Å²) in [5.74, 6) is -1.40. The number of anilines is 1. The highest BCUT2D eigenvalue weighted by molar-refractivity contribution is 7.92. The van der Waals surface area contributed by atoms with Crippen LogP contribution in [0.25, 0.3) is 0 Å². The van der Waals surface area contributed by atoms with Crippen LogP contribution in [0.3, 0.4) is 0 Å². The van der Waals surface area contributed by atoms with Gasteiger partial charge in [-0.3, -0.25) is 13.9 Å². The lowest BCUT2D eigenvalue weighted by molar-refractivity contribution is -0.139. The third-order valence-corrected chi connectivity index (χ3v) is 8.44. The van der Waals surface area contributed by atoms with Crippen LogP contribution in [0, 0.1) is 12.7 Å². The fourth-order valence-corrected chi connectivity index (χ4v) is 5.42. The summed E-state index contributed by atoms with van der Waals surface area (Å²) in [6, 6.07) is 19.9. The van der Waals surface area contributed by atoms with Gasteiger partial charge in [0.2, 0.25) is 11.8 Å². The molecule has 39 heavy (non-hydrogen) atoms. The molecule has 2 amide bonds. The Hall–Kier alpha value is -3.72. The summed E-state index contributed by atoms with van der Waals surface area (Å²) < 4.78 is 42.0. The maximum Gasteiger partial charge on any atom is 0.264 e. The minimum Gasteiger partial charge on any atom is -0.352 e. The molecule has 0 unspecified atom stereocenters.